The van der Waals surface area contributed by atoms with Gasteiger partial charge in [-0.1, -0.05) is 49.4 Å². The van der Waals surface area contributed by atoms with Gasteiger partial charge in [-0.05, 0) is 17.1 Å². The molecule has 162 valence electrons. The number of carbonyl (C=O) groups excluding carboxylic acids is 2. The summed E-state index contributed by atoms with van der Waals surface area (Å²) in [7, 11) is 1.61. The molecule has 1 heterocycles. The van der Waals surface area contributed by atoms with Gasteiger partial charge in [0, 0.05) is 38.9 Å². The van der Waals surface area contributed by atoms with E-state index in [1.54, 1.807) is 13.1 Å². The lowest BCUT2D eigenvalue weighted by molar-refractivity contribution is -0.137. The molecule has 30 heavy (non-hydrogen) atoms. The molecular formula is C23H30N2O5. The summed E-state index contributed by atoms with van der Waals surface area (Å²) in [5.41, 5.74) is 1.01. The fraction of sp³-hybridized carbons (Fsp3) is 0.435. The first-order chi connectivity index (χ1) is 14.5. The Morgan fingerprint density at radius 1 is 1.27 bits per heavy atom. The predicted molar refractivity (Wildman–Crippen MR) is 113 cm³/mol. The van der Waals surface area contributed by atoms with Gasteiger partial charge in [0.05, 0.1) is 12.5 Å². The van der Waals surface area contributed by atoms with Gasteiger partial charge in [0.25, 0.3) is 5.88 Å². The van der Waals surface area contributed by atoms with Crippen LogP contribution in [0.5, 0.6) is 5.88 Å². The van der Waals surface area contributed by atoms with Crippen molar-refractivity contribution < 1.29 is 24.0 Å². The third kappa shape index (κ3) is 7.83. The molecule has 1 aromatic heterocycles. The van der Waals surface area contributed by atoms with Gasteiger partial charge in [0.1, 0.15) is 18.2 Å². The maximum atomic E-state index is 12.8. The van der Waals surface area contributed by atoms with E-state index in [1.165, 1.54) is 4.90 Å². The zero-order valence-electron chi connectivity index (χ0n) is 17.6. The van der Waals surface area contributed by atoms with Gasteiger partial charge in [-0.15, -0.1) is 0 Å². The van der Waals surface area contributed by atoms with Crippen LogP contribution in [-0.4, -0.2) is 47.1 Å². The van der Waals surface area contributed by atoms with Crippen molar-refractivity contribution in [2.24, 2.45) is 5.92 Å². The van der Waals surface area contributed by atoms with Crippen molar-refractivity contribution in [1.82, 2.24) is 10.1 Å². The van der Waals surface area contributed by atoms with Crippen LogP contribution in [0.15, 0.2) is 53.1 Å². The maximum absolute atomic E-state index is 12.8. The summed E-state index contributed by atoms with van der Waals surface area (Å²) in [6.45, 7) is 2.43. The number of aliphatic hydroxyl groups excluding tert-OH is 1. The lowest BCUT2D eigenvalue weighted by Gasteiger charge is -2.22. The number of aliphatic hydroxyl groups is 1. The van der Waals surface area contributed by atoms with Crippen LogP contribution >= 0.6 is 0 Å². The molecule has 0 radical (unpaired) electrons. The molecule has 0 aliphatic carbocycles. The van der Waals surface area contributed by atoms with Crippen LogP contribution in [0.3, 0.4) is 0 Å². The van der Waals surface area contributed by atoms with Gasteiger partial charge in [0.2, 0.25) is 5.91 Å². The number of nitrogens with zero attached hydrogens (tertiary/aromatic N) is 2. The molecule has 1 atom stereocenters. The number of benzene rings is 1. The van der Waals surface area contributed by atoms with E-state index in [0.29, 0.717) is 24.7 Å². The Morgan fingerprint density at radius 3 is 2.73 bits per heavy atom. The predicted octanol–water partition coefficient (Wildman–Crippen LogP) is 3.18. The van der Waals surface area contributed by atoms with Crippen LogP contribution in [0.4, 0.5) is 0 Å². The SMILES string of the molecule is CCC=CCC(=O)CC(Cc1cc(OCc2ccccc2)no1)C(=O)N(C)CCO. The Hall–Kier alpha value is -2.93. The lowest BCUT2D eigenvalue weighted by Crippen LogP contribution is -2.36. The topological polar surface area (TPSA) is 92.9 Å². The molecule has 0 spiro atoms. The average molecular weight is 415 g/mol. The molecule has 7 heteroatoms. The van der Waals surface area contributed by atoms with Gasteiger partial charge in [-0.3, -0.25) is 9.59 Å². The van der Waals surface area contributed by atoms with Gasteiger partial charge >= 0.3 is 0 Å². The fourth-order valence-corrected chi connectivity index (χ4v) is 2.99. The second-order valence-electron chi connectivity index (χ2n) is 7.12. The summed E-state index contributed by atoms with van der Waals surface area (Å²) < 4.78 is 11.0. The van der Waals surface area contributed by atoms with E-state index in [1.807, 2.05) is 49.4 Å². The first kappa shape index (κ1) is 23.3. The molecule has 1 unspecified atom stereocenters. The van der Waals surface area contributed by atoms with Crippen LogP contribution in [0, 0.1) is 5.92 Å². The van der Waals surface area contributed by atoms with Crippen LogP contribution < -0.4 is 4.74 Å². The molecule has 0 saturated heterocycles. The van der Waals surface area contributed by atoms with Crippen molar-refractivity contribution in [2.45, 2.75) is 39.2 Å². The monoisotopic (exact) mass is 414 g/mol. The molecule has 2 aromatic rings. The first-order valence-electron chi connectivity index (χ1n) is 10.2. The van der Waals surface area contributed by atoms with Gasteiger partial charge in [-0.2, -0.15) is 0 Å². The number of Topliss-reactive ketones (excluding diaryl/α,β-unsaturated/α-hetero) is 1. The fourth-order valence-electron chi connectivity index (χ4n) is 2.99. The van der Waals surface area contributed by atoms with Crippen LogP contribution in [0.2, 0.25) is 0 Å². The number of hydrogen-bond acceptors (Lipinski definition) is 6. The van der Waals surface area contributed by atoms with Crippen molar-refractivity contribution in [1.29, 1.82) is 0 Å². The van der Waals surface area contributed by atoms with Crippen molar-refractivity contribution in [3.05, 3.63) is 59.9 Å². The van der Waals surface area contributed by atoms with E-state index in [4.69, 9.17) is 14.4 Å². The summed E-state index contributed by atoms with van der Waals surface area (Å²) in [6.07, 6.45) is 5.25. The number of ether oxygens (including phenoxy) is 1. The third-order valence-corrected chi connectivity index (χ3v) is 4.60. The van der Waals surface area contributed by atoms with Crippen LogP contribution in [-0.2, 0) is 22.6 Å². The third-order valence-electron chi connectivity index (χ3n) is 4.60. The largest absolute Gasteiger partial charge is 0.471 e. The van der Waals surface area contributed by atoms with E-state index in [9.17, 15) is 9.59 Å². The molecule has 1 amide bonds. The minimum Gasteiger partial charge on any atom is -0.471 e. The van der Waals surface area contributed by atoms with Crippen molar-refractivity contribution >= 4 is 11.7 Å². The molecule has 0 bridgehead atoms. The maximum Gasteiger partial charge on any atom is 0.254 e. The number of amides is 1. The quantitative estimate of drug-likeness (QED) is 0.506. The molecule has 1 aromatic carbocycles. The highest BCUT2D eigenvalue weighted by molar-refractivity contribution is 5.87. The number of hydrogen-bond donors (Lipinski definition) is 1. The molecular weight excluding hydrogens is 384 g/mol. The average Bonchev–Trinajstić information content (AvgIpc) is 3.20. The second kappa shape index (κ2) is 12.6. The molecule has 0 fully saturated rings. The summed E-state index contributed by atoms with van der Waals surface area (Å²) >= 11 is 0. The van der Waals surface area contributed by atoms with E-state index < -0.39 is 5.92 Å². The van der Waals surface area contributed by atoms with Gasteiger partial charge in [0.15, 0.2) is 0 Å². The van der Waals surface area contributed by atoms with E-state index in [2.05, 4.69) is 5.16 Å². The Labute approximate surface area is 177 Å². The smallest absolute Gasteiger partial charge is 0.254 e. The number of carbonyl (C=O) groups is 2. The highest BCUT2D eigenvalue weighted by atomic mass is 16.5. The second-order valence-corrected chi connectivity index (χ2v) is 7.12. The molecule has 0 saturated carbocycles. The number of allylic oxidation sites excluding steroid dienone is 2. The van der Waals surface area contributed by atoms with Gasteiger partial charge < -0.3 is 19.3 Å². The van der Waals surface area contributed by atoms with Crippen LogP contribution in [0.25, 0.3) is 0 Å². The Kier molecular flexibility index (Phi) is 9.80. The van der Waals surface area contributed by atoms with Gasteiger partial charge in [-0.25, -0.2) is 0 Å². The highest BCUT2D eigenvalue weighted by Gasteiger charge is 2.26. The Balaban J connectivity index is 2.01. The minimum absolute atomic E-state index is 0.0180. The minimum atomic E-state index is -0.584. The molecule has 7 nitrogen and oxygen atoms in total. The molecule has 2 rings (SSSR count). The zero-order chi connectivity index (χ0) is 21.8. The number of aromatic nitrogens is 1. The summed E-state index contributed by atoms with van der Waals surface area (Å²) in [4.78, 5) is 26.5. The lowest BCUT2D eigenvalue weighted by atomic mass is 9.94. The number of ketones is 1. The summed E-state index contributed by atoms with van der Waals surface area (Å²) in [5.74, 6) is 0.00113. The van der Waals surface area contributed by atoms with Crippen molar-refractivity contribution in [3.8, 4) is 5.88 Å². The summed E-state index contributed by atoms with van der Waals surface area (Å²) in [5, 5.41) is 13.0. The van der Waals surface area contributed by atoms with Crippen LogP contribution in [0.1, 0.15) is 37.5 Å². The Bertz CT molecular complexity index is 816. The Morgan fingerprint density at radius 2 is 2.03 bits per heavy atom. The first-order valence-corrected chi connectivity index (χ1v) is 10.2. The van der Waals surface area contributed by atoms with E-state index in [-0.39, 0.29) is 37.7 Å². The van der Waals surface area contributed by atoms with Crippen molar-refractivity contribution in [3.63, 3.8) is 0 Å². The molecule has 0 aliphatic heterocycles. The number of rotatable bonds is 13. The normalized spacial score (nSPS) is 12.1. The highest BCUT2D eigenvalue weighted by Crippen LogP contribution is 2.20. The molecule has 0 aliphatic rings. The van der Waals surface area contributed by atoms with Crippen molar-refractivity contribution in [2.75, 3.05) is 20.2 Å². The summed E-state index contributed by atoms with van der Waals surface area (Å²) in [6, 6.07) is 11.3. The molecule has 1 N–H and O–H groups in total. The number of likely N-dealkylation sites (N-methyl/N-ethyl adjacent to an activating group) is 1. The zero-order valence-corrected chi connectivity index (χ0v) is 17.6. The van der Waals surface area contributed by atoms with E-state index in [0.717, 1.165) is 12.0 Å². The van der Waals surface area contributed by atoms with E-state index >= 15 is 0 Å². The standard InChI is InChI=1S/C23H30N2O5/c1-3-4-6-11-20(27)14-19(23(28)25(2)12-13-26)15-21-16-22(24-30-21)29-17-18-9-7-5-8-10-18/h4-10,16,19,26H,3,11-15,17H2,1-2H3.